The lowest BCUT2D eigenvalue weighted by atomic mass is 10.3. The third-order valence-electron chi connectivity index (χ3n) is 3.22. The highest BCUT2D eigenvalue weighted by atomic mass is 32.1. The molecule has 1 aromatic heterocycles. The van der Waals surface area contributed by atoms with E-state index >= 15 is 0 Å². The Morgan fingerprint density at radius 2 is 2.19 bits per heavy atom. The zero-order chi connectivity index (χ0) is 15.2. The average molecular weight is 310 g/mol. The van der Waals surface area contributed by atoms with Crippen LogP contribution >= 0.6 is 11.3 Å². The number of rotatable bonds is 7. The first-order valence-corrected chi connectivity index (χ1v) is 7.66. The Morgan fingerprint density at radius 3 is 2.86 bits per heavy atom. The van der Waals surface area contributed by atoms with E-state index < -0.39 is 0 Å². The van der Waals surface area contributed by atoms with Gasteiger partial charge in [-0.05, 0) is 26.1 Å². The maximum absolute atomic E-state index is 13.0. The van der Waals surface area contributed by atoms with Crippen LogP contribution in [0.4, 0.5) is 4.39 Å². The van der Waals surface area contributed by atoms with Crippen LogP contribution in [0.1, 0.15) is 5.69 Å². The second-order valence-corrected chi connectivity index (χ2v) is 5.72. The van der Waals surface area contributed by atoms with Crippen molar-refractivity contribution < 1.29 is 9.13 Å². The average Bonchev–Trinajstić information content (AvgIpc) is 2.76. The number of nitrogens with zero attached hydrogens (tertiary/aromatic N) is 2. The molecule has 0 atom stereocenters. The van der Waals surface area contributed by atoms with Gasteiger partial charge in [-0.15, -0.1) is 0 Å². The predicted molar refractivity (Wildman–Crippen MR) is 82.7 cm³/mol. The zero-order valence-corrected chi connectivity index (χ0v) is 13.0. The third-order valence-corrected chi connectivity index (χ3v) is 4.10. The van der Waals surface area contributed by atoms with Crippen molar-refractivity contribution in [3.63, 3.8) is 0 Å². The van der Waals surface area contributed by atoms with Crippen molar-refractivity contribution in [2.24, 2.45) is 0 Å². The number of likely N-dealkylation sites (N-methyl/N-ethyl adjacent to an activating group) is 1. The first-order valence-electron chi connectivity index (χ1n) is 6.78. The molecular formula is C15H19FN2O2S. The quantitative estimate of drug-likeness (QED) is 0.787. The lowest BCUT2D eigenvalue weighted by Crippen LogP contribution is -2.30. The molecule has 0 radical (unpaired) electrons. The molecule has 0 bridgehead atoms. The maximum Gasteiger partial charge on any atom is 0.307 e. The van der Waals surface area contributed by atoms with Gasteiger partial charge in [0.1, 0.15) is 18.2 Å². The number of halogens is 1. The fourth-order valence-electron chi connectivity index (χ4n) is 1.93. The molecule has 0 saturated carbocycles. The van der Waals surface area contributed by atoms with Crippen LogP contribution in [-0.2, 0) is 6.54 Å². The summed E-state index contributed by atoms with van der Waals surface area (Å²) in [5.41, 5.74) is 0.995. The van der Waals surface area contributed by atoms with Crippen LogP contribution in [-0.4, -0.2) is 36.2 Å². The number of ether oxygens (including phenoxy) is 1. The van der Waals surface area contributed by atoms with Gasteiger partial charge in [-0.3, -0.25) is 4.79 Å². The van der Waals surface area contributed by atoms with Crippen LogP contribution in [0.5, 0.6) is 5.75 Å². The Labute approximate surface area is 127 Å². The molecule has 4 nitrogen and oxygen atoms in total. The zero-order valence-electron chi connectivity index (χ0n) is 12.2. The first kappa shape index (κ1) is 15.7. The van der Waals surface area contributed by atoms with Gasteiger partial charge in [-0.25, -0.2) is 4.39 Å². The molecule has 21 heavy (non-hydrogen) atoms. The van der Waals surface area contributed by atoms with E-state index in [1.807, 2.05) is 19.4 Å². The second kappa shape index (κ2) is 7.38. The highest BCUT2D eigenvalue weighted by Crippen LogP contribution is 2.11. The number of hydrogen-bond donors (Lipinski definition) is 0. The molecule has 0 spiro atoms. The Balaban J connectivity index is 1.73. The Kier molecular flexibility index (Phi) is 5.52. The van der Waals surface area contributed by atoms with Crippen molar-refractivity contribution in [2.45, 2.75) is 13.5 Å². The standard InChI is InChI=1S/C15H19FN2O2S/c1-12-11-21-15(19)18(12)7-6-17(2)8-9-20-14-5-3-4-13(16)10-14/h3-5,10-11H,6-9H2,1-2H3. The normalized spacial score (nSPS) is 11.0. The first-order chi connectivity index (χ1) is 10.1. The van der Waals surface area contributed by atoms with E-state index in [1.54, 1.807) is 16.7 Å². The van der Waals surface area contributed by atoms with Crippen LogP contribution in [0.3, 0.4) is 0 Å². The van der Waals surface area contributed by atoms with Crippen LogP contribution in [0.15, 0.2) is 34.4 Å². The lowest BCUT2D eigenvalue weighted by molar-refractivity contribution is 0.231. The molecule has 0 aliphatic rings. The van der Waals surface area contributed by atoms with Crippen LogP contribution < -0.4 is 9.61 Å². The van der Waals surface area contributed by atoms with Gasteiger partial charge in [0.05, 0.1) is 0 Å². The fraction of sp³-hybridized carbons (Fsp3) is 0.400. The van der Waals surface area contributed by atoms with E-state index in [4.69, 9.17) is 4.74 Å². The molecule has 0 aliphatic heterocycles. The lowest BCUT2D eigenvalue weighted by Gasteiger charge is -2.17. The number of hydrogen-bond acceptors (Lipinski definition) is 4. The Morgan fingerprint density at radius 1 is 1.38 bits per heavy atom. The fourth-order valence-corrected chi connectivity index (χ4v) is 2.69. The van der Waals surface area contributed by atoms with Crippen LogP contribution in [0, 0.1) is 12.7 Å². The Hall–Kier alpha value is -1.66. The summed E-state index contributed by atoms with van der Waals surface area (Å²) in [4.78, 5) is 13.8. The number of benzene rings is 1. The molecule has 0 aliphatic carbocycles. The summed E-state index contributed by atoms with van der Waals surface area (Å²) < 4.78 is 20.3. The van der Waals surface area contributed by atoms with Gasteiger partial charge in [0, 0.05) is 36.8 Å². The second-order valence-electron chi connectivity index (χ2n) is 4.90. The van der Waals surface area contributed by atoms with Crippen molar-refractivity contribution in [3.05, 3.63) is 50.8 Å². The molecular weight excluding hydrogens is 291 g/mol. The molecule has 0 amide bonds. The Bertz CT molecular complexity index is 639. The molecule has 1 aromatic carbocycles. The summed E-state index contributed by atoms with van der Waals surface area (Å²) in [5.74, 6) is 0.237. The monoisotopic (exact) mass is 310 g/mol. The summed E-state index contributed by atoms with van der Waals surface area (Å²) in [6, 6.07) is 6.12. The van der Waals surface area contributed by atoms with E-state index in [9.17, 15) is 9.18 Å². The number of aryl methyl sites for hydroxylation is 1. The topological polar surface area (TPSA) is 34.5 Å². The molecule has 114 valence electrons. The van der Waals surface area contributed by atoms with E-state index in [1.165, 1.54) is 23.5 Å². The summed E-state index contributed by atoms with van der Waals surface area (Å²) in [7, 11) is 1.97. The van der Waals surface area contributed by atoms with Crippen molar-refractivity contribution in [3.8, 4) is 5.75 Å². The van der Waals surface area contributed by atoms with Gasteiger partial charge < -0.3 is 14.2 Å². The van der Waals surface area contributed by atoms with Crippen LogP contribution in [0.2, 0.25) is 0 Å². The highest BCUT2D eigenvalue weighted by Gasteiger charge is 2.05. The van der Waals surface area contributed by atoms with Crippen molar-refractivity contribution in [1.29, 1.82) is 0 Å². The minimum absolute atomic E-state index is 0.0805. The van der Waals surface area contributed by atoms with Crippen molar-refractivity contribution in [1.82, 2.24) is 9.47 Å². The molecule has 0 N–H and O–H groups in total. The van der Waals surface area contributed by atoms with Gasteiger partial charge in [-0.1, -0.05) is 17.4 Å². The van der Waals surface area contributed by atoms with Gasteiger partial charge in [-0.2, -0.15) is 0 Å². The number of aromatic nitrogens is 1. The predicted octanol–water partition coefficient (Wildman–Crippen LogP) is 2.37. The number of thiazole rings is 1. The van der Waals surface area contributed by atoms with Gasteiger partial charge in [0.2, 0.25) is 0 Å². The summed E-state index contributed by atoms with van der Waals surface area (Å²) in [6.45, 7) is 4.57. The summed E-state index contributed by atoms with van der Waals surface area (Å²) >= 11 is 1.23. The molecule has 2 rings (SSSR count). The molecule has 0 saturated heterocycles. The van der Waals surface area contributed by atoms with Gasteiger partial charge in [0.15, 0.2) is 0 Å². The molecule has 0 fully saturated rings. The van der Waals surface area contributed by atoms with E-state index in [0.29, 0.717) is 25.4 Å². The largest absolute Gasteiger partial charge is 0.492 e. The molecule has 6 heteroatoms. The minimum Gasteiger partial charge on any atom is -0.492 e. The third kappa shape index (κ3) is 4.68. The SMILES string of the molecule is Cc1csc(=O)n1CCN(C)CCOc1cccc(F)c1. The van der Waals surface area contributed by atoms with Crippen molar-refractivity contribution in [2.75, 3.05) is 26.7 Å². The minimum atomic E-state index is -0.298. The summed E-state index contributed by atoms with van der Waals surface area (Å²) in [6.07, 6.45) is 0. The summed E-state index contributed by atoms with van der Waals surface area (Å²) in [5, 5.41) is 1.87. The van der Waals surface area contributed by atoms with E-state index in [-0.39, 0.29) is 10.7 Å². The smallest absolute Gasteiger partial charge is 0.307 e. The van der Waals surface area contributed by atoms with E-state index in [2.05, 4.69) is 4.90 Å². The maximum atomic E-state index is 13.0. The van der Waals surface area contributed by atoms with Crippen molar-refractivity contribution >= 4 is 11.3 Å². The molecule has 2 aromatic rings. The van der Waals surface area contributed by atoms with Crippen LogP contribution in [0.25, 0.3) is 0 Å². The highest BCUT2D eigenvalue weighted by molar-refractivity contribution is 7.07. The van der Waals surface area contributed by atoms with Gasteiger partial charge >= 0.3 is 4.87 Å². The molecule has 1 heterocycles. The van der Waals surface area contributed by atoms with E-state index in [0.717, 1.165) is 12.2 Å². The van der Waals surface area contributed by atoms with Gasteiger partial charge in [0.25, 0.3) is 0 Å². The molecule has 0 unspecified atom stereocenters.